The molecule has 0 saturated heterocycles. The topological polar surface area (TPSA) is 79.8 Å². The Kier molecular flexibility index (Phi) is 5.16. The van der Waals surface area contributed by atoms with Crippen molar-refractivity contribution in [2.24, 2.45) is 0 Å². The maximum Gasteiger partial charge on any atom is 0.275 e. The van der Waals surface area contributed by atoms with Gasteiger partial charge in [0.1, 0.15) is 11.5 Å². The first-order chi connectivity index (χ1) is 14.1. The SMILES string of the molecule is CC(C)c1ccccc1Nc1cnc(C(=O)Nc2cccc3cccnc23)cn1. The lowest BCUT2D eigenvalue weighted by Gasteiger charge is -2.14. The highest BCUT2D eigenvalue weighted by Gasteiger charge is 2.12. The van der Waals surface area contributed by atoms with E-state index in [4.69, 9.17) is 0 Å². The third-order valence-electron chi connectivity index (χ3n) is 4.61. The Morgan fingerprint density at radius 1 is 0.862 bits per heavy atom. The Hall–Kier alpha value is -3.80. The van der Waals surface area contributed by atoms with Crippen LogP contribution in [0.1, 0.15) is 35.8 Å². The molecule has 1 amide bonds. The van der Waals surface area contributed by atoms with Crippen LogP contribution in [0.25, 0.3) is 10.9 Å². The largest absolute Gasteiger partial charge is 0.339 e. The van der Waals surface area contributed by atoms with Crippen molar-refractivity contribution in [1.82, 2.24) is 15.0 Å². The summed E-state index contributed by atoms with van der Waals surface area (Å²) in [5.74, 6) is 0.636. The van der Waals surface area contributed by atoms with Crippen molar-refractivity contribution >= 4 is 34.0 Å². The number of para-hydroxylation sites is 2. The Morgan fingerprint density at radius 3 is 2.45 bits per heavy atom. The molecule has 0 spiro atoms. The summed E-state index contributed by atoms with van der Waals surface area (Å²) in [7, 11) is 0. The van der Waals surface area contributed by atoms with Crippen LogP contribution < -0.4 is 10.6 Å². The van der Waals surface area contributed by atoms with Crippen molar-refractivity contribution in [2.45, 2.75) is 19.8 Å². The molecule has 6 nitrogen and oxygen atoms in total. The van der Waals surface area contributed by atoms with Gasteiger partial charge in [-0.15, -0.1) is 0 Å². The Labute approximate surface area is 169 Å². The molecule has 0 unspecified atom stereocenters. The number of nitrogens with one attached hydrogen (secondary N) is 2. The van der Waals surface area contributed by atoms with Gasteiger partial charge < -0.3 is 10.6 Å². The van der Waals surface area contributed by atoms with E-state index in [1.807, 2.05) is 48.5 Å². The van der Waals surface area contributed by atoms with E-state index in [0.29, 0.717) is 17.4 Å². The number of nitrogens with zero attached hydrogens (tertiary/aromatic N) is 3. The van der Waals surface area contributed by atoms with Gasteiger partial charge in [-0.3, -0.25) is 9.78 Å². The van der Waals surface area contributed by atoms with Crippen LogP contribution in [0.5, 0.6) is 0 Å². The van der Waals surface area contributed by atoms with Crippen LogP contribution in [0.4, 0.5) is 17.2 Å². The fourth-order valence-electron chi connectivity index (χ4n) is 3.15. The minimum absolute atomic E-state index is 0.237. The van der Waals surface area contributed by atoms with E-state index >= 15 is 0 Å². The minimum Gasteiger partial charge on any atom is -0.339 e. The first kappa shape index (κ1) is 18.6. The van der Waals surface area contributed by atoms with Crippen molar-refractivity contribution in [3.8, 4) is 0 Å². The van der Waals surface area contributed by atoms with E-state index in [1.54, 1.807) is 12.4 Å². The number of benzene rings is 2. The maximum atomic E-state index is 12.6. The fraction of sp³-hybridized carbons (Fsp3) is 0.130. The summed E-state index contributed by atoms with van der Waals surface area (Å²) in [5.41, 5.74) is 3.79. The predicted molar refractivity (Wildman–Crippen MR) is 116 cm³/mol. The number of anilines is 3. The average Bonchev–Trinajstić information content (AvgIpc) is 2.75. The molecule has 0 aliphatic carbocycles. The molecule has 0 atom stereocenters. The highest BCUT2D eigenvalue weighted by molar-refractivity contribution is 6.07. The predicted octanol–water partition coefficient (Wildman–Crippen LogP) is 5.14. The second-order valence-electron chi connectivity index (χ2n) is 6.99. The summed E-state index contributed by atoms with van der Waals surface area (Å²) in [4.78, 5) is 25.6. The summed E-state index contributed by atoms with van der Waals surface area (Å²) in [6.45, 7) is 4.28. The number of hydrogen-bond acceptors (Lipinski definition) is 5. The van der Waals surface area contributed by atoms with Gasteiger partial charge in [0.2, 0.25) is 0 Å². The maximum absolute atomic E-state index is 12.6. The monoisotopic (exact) mass is 383 g/mol. The quantitative estimate of drug-likeness (QED) is 0.498. The number of aromatic nitrogens is 3. The van der Waals surface area contributed by atoms with E-state index in [1.165, 1.54) is 11.8 Å². The smallest absolute Gasteiger partial charge is 0.275 e. The second-order valence-corrected chi connectivity index (χ2v) is 6.99. The third kappa shape index (κ3) is 4.06. The van der Waals surface area contributed by atoms with Crippen LogP contribution in [0.15, 0.2) is 73.2 Å². The van der Waals surface area contributed by atoms with Gasteiger partial charge in [0, 0.05) is 17.3 Å². The zero-order valence-electron chi connectivity index (χ0n) is 16.3. The molecule has 6 heteroatoms. The number of hydrogen-bond donors (Lipinski definition) is 2. The summed E-state index contributed by atoms with van der Waals surface area (Å²) in [6, 6.07) is 17.5. The Bertz CT molecular complexity index is 1150. The van der Waals surface area contributed by atoms with E-state index in [0.717, 1.165) is 16.6 Å². The highest BCUT2D eigenvalue weighted by atomic mass is 16.1. The lowest BCUT2D eigenvalue weighted by molar-refractivity contribution is 0.102. The third-order valence-corrected chi connectivity index (χ3v) is 4.61. The van der Waals surface area contributed by atoms with E-state index < -0.39 is 0 Å². The van der Waals surface area contributed by atoms with E-state index in [-0.39, 0.29) is 11.6 Å². The van der Waals surface area contributed by atoms with Crippen LogP contribution in [-0.4, -0.2) is 20.9 Å². The first-order valence-corrected chi connectivity index (χ1v) is 9.45. The fourth-order valence-corrected chi connectivity index (χ4v) is 3.15. The van der Waals surface area contributed by atoms with Crippen molar-refractivity contribution in [1.29, 1.82) is 0 Å². The van der Waals surface area contributed by atoms with Crippen molar-refractivity contribution < 1.29 is 4.79 Å². The standard InChI is InChI=1S/C23H21N5O/c1-15(2)17-9-3-4-10-18(17)27-21-14-25-20(13-26-21)23(29)28-19-11-5-7-16-8-6-12-24-22(16)19/h3-15H,1-2H3,(H,26,27)(H,28,29). The number of fused-ring (bicyclic) bond motifs is 1. The molecule has 0 aliphatic heterocycles. The van der Waals surface area contributed by atoms with Gasteiger partial charge in [-0.2, -0.15) is 0 Å². The number of pyridine rings is 1. The lowest BCUT2D eigenvalue weighted by atomic mass is 10.0. The molecule has 0 fully saturated rings. The molecule has 29 heavy (non-hydrogen) atoms. The van der Waals surface area contributed by atoms with Crippen LogP contribution in [-0.2, 0) is 0 Å². The van der Waals surface area contributed by atoms with Gasteiger partial charge in [0.05, 0.1) is 23.6 Å². The van der Waals surface area contributed by atoms with Gasteiger partial charge in [-0.05, 0) is 29.7 Å². The zero-order chi connectivity index (χ0) is 20.2. The molecule has 4 rings (SSSR count). The summed E-state index contributed by atoms with van der Waals surface area (Å²) in [6.07, 6.45) is 4.73. The van der Waals surface area contributed by atoms with Crippen LogP contribution in [0, 0.1) is 0 Å². The number of carbonyl (C=O) groups excluding carboxylic acids is 1. The summed E-state index contributed by atoms with van der Waals surface area (Å²) < 4.78 is 0. The normalized spacial score (nSPS) is 10.9. The molecule has 0 aliphatic rings. The average molecular weight is 383 g/mol. The van der Waals surface area contributed by atoms with Crippen LogP contribution >= 0.6 is 0 Å². The molecule has 0 saturated carbocycles. The highest BCUT2D eigenvalue weighted by Crippen LogP contribution is 2.26. The lowest BCUT2D eigenvalue weighted by Crippen LogP contribution is -2.14. The van der Waals surface area contributed by atoms with Crippen molar-refractivity contribution in [2.75, 3.05) is 10.6 Å². The van der Waals surface area contributed by atoms with Crippen LogP contribution in [0.3, 0.4) is 0 Å². The molecular weight excluding hydrogens is 362 g/mol. The summed E-state index contributed by atoms with van der Waals surface area (Å²) in [5, 5.41) is 7.11. The van der Waals surface area contributed by atoms with Crippen molar-refractivity contribution in [3.05, 3.63) is 84.4 Å². The summed E-state index contributed by atoms with van der Waals surface area (Å²) >= 11 is 0. The number of rotatable bonds is 5. The second kappa shape index (κ2) is 8.06. The molecule has 0 bridgehead atoms. The number of carbonyl (C=O) groups is 1. The first-order valence-electron chi connectivity index (χ1n) is 9.45. The zero-order valence-corrected chi connectivity index (χ0v) is 16.3. The van der Waals surface area contributed by atoms with Gasteiger partial charge in [-0.1, -0.05) is 50.2 Å². The molecule has 2 aromatic heterocycles. The van der Waals surface area contributed by atoms with Gasteiger partial charge in [-0.25, -0.2) is 9.97 Å². The Morgan fingerprint density at radius 2 is 1.66 bits per heavy atom. The molecule has 2 heterocycles. The number of amides is 1. The molecule has 0 radical (unpaired) electrons. The van der Waals surface area contributed by atoms with Gasteiger partial charge in [0.15, 0.2) is 0 Å². The van der Waals surface area contributed by atoms with E-state index in [9.17, 15) is 4.79 Å². The molecule has 4 aromatic rings. The minimum atomic E-state index is -0.329. The Balaban J connectivity index is 1.51. The molecule has 2 aromatic carbocycles. The molecular formula is C23H21N5O. The van der Waals surface area contributed by atoms with Gasteiger partial charge in [0.25, 0.3) is 5.91 Å². The van der Waals surface area contributed by atoms with E-state index in [2.05, 4.69) is 45.5 Å². The molecule has 144 valence electrons. The van der Waals surface area contributed by atoms with Gasteiger partial charge >= 0.3 is 0 Å². The molecule has 2 N–H and O–H groups in total. The van der Waals surface area contributed by atoms with Crippen LogP contribution in [0.2, 0.25) is 0 Å². The van der Waals surface area contributed by atoms with Crippen molar-refractivity contribution in [3.63, 3.8) is 0 Å².